The van der Waals surface area contributed by atoms with Gasteiger partial charge in [-0.15, -0.1) is 0 Å². The highest BCUT2D eigenvalue weighted by Gasteiger charge is 2.31. The van der Waals surface area contributed by atoms with Crippen molar-refractivity contribution in [2.75, 3.05) is 40.0 Å². The summed E-state index contributed by atoms with van der Waals surface area (Å²) < 4.78 is 15.5. The van der Waals surface area contributed by atoms with E-state index in [1.54, 1.807) is 4.90 Å². The van der Waals surface area contributed by atoms with Crippen molar-refractivity contribution in [2.24, 2.45) is 5.92 Å². The largest absolute Gasteiger partial charge is 0.469 e. The van der Waals surface area contributed by atoms with E-state index in [-0.39, 0.29) is 30.3 Å². The van der Waals surface area contributed by atoms with Crippen LogP contribution in [-0.4, -0.2) is 62.9 Å². The van der Waals surface area contributed by atoms with Crippen molar-refractivity contribution in [3.8, 4) is 0 Å². The fourth-order valence-corrected chi connectivity index (χ4v) is 2.51. The Balaban J connectivity index is 1.85. The molecular weight excluding hydrogens is 250 g/mol. The third-order valence-corrected chi connectivity index (χ3v) is 3.58. The van der Waals surface area contributed by atoms with Gasteiger partial charge in [0.2, 0.25) is 5.91 Å². The number of methoxy groups -OCH3 is 1. The highest BCUT2D eigenvalue weighted by molar-refractivity contribution is 5.79. The minimum absolute atomic E-state index is 0.0365. The molecule has 0 spiro atoms. The molecule has 2 fully saturated rings. The molecule has 0 saturated carbocycles. The summed E-state index contributed by atoms with van der Waals surface area (Å²) in [4.78, 5) is 25.3. The summed E-state index contributed by atoms with van der Waals surface area (Å²) in [5.41, 5.74) is 0. The maximum atomic E-state index is 12.3. The number of ether oxygens (including phenoxy) is 3. The molecule has 2 unspecified atom stereocenters. The van der Waals surface area contributed by atoms with Gasteiger partial charge in [-0.05, 0) is 12.8 Å². The van der Waals surface area contributed by atoms with Crippen LogP contribution in [0.25, 0.3) is 0 Å². The van der Waals surface area contributed by atoms with E-state index in [0.29, 0.717) is 26.3 Å². The second-order valence-corrected chi connectivity index (χ2v) is 4.97. The third-order valence-electron chi connectivity index (χ3n) is 3.58. The van der Waals surface area contributed by atoms with E-state index in [0.717, 1.165) is 19.4 Å². The first kappa shape index (κ1) is 14.3. The molecule has 1 amide bonds. The molecule has 6 heteroatoms. The second kappa shape index (κ2) is 6.86. The van der Waals surface area contributed by atoms with Crippen LogP contribution in [0, 0.1) is 5.92 Å². The van der Waals surface area contributed by atoms with Gasteiger partial charge in [0.05, 0.1) is 38.8 Å². The lowest BCUT2D eigenvalue weighted by Crippen LogP contribution is -2.49. The molecule has 0 aromatic carbocycles. The molecular formula is C13H21NO5. The Hall–Kier alpha value is -1.14. The van der Waals surface area contributed by atoms with E-state index in [9.17, 15) is 9.59 Å². The number of morpholine rings is 1. The average molecular weight is 271 g/mol. The van der Waals surface area contributed by atoms with Crippen LogP contribution in [0.1, 0.15) is 19.3 Å². The first-order chi connectivity index (χ1) is 9.20. The molecule has 2 aliphatic heterocycles. The van der Waals surface area contributed by atoms with Crippen LogP contribution in [0.15, 0.2) is 0 Å². The van der Waals surface area contributed by atoms with Gasteiger partial charge in [0.1, 0.15) is 0 Å². The maximum Gasteiger partial charge on any atom is 0.308 e. The number of nitrogens with zero attached hydrogens (tertiary/aromatic N) is 1. The van der Waals surface area contributed by atoms with Crippen LogP contribution in [0.5, 0.6) is 0 Å². The standard InChI is InChI=1S/C13H21NO5/c1-17-12(15)7-11-8-14(4-6-19-11)13(16)10-3-2-5-18-9-10/h10-11H,2-9H2,1H3. The Morgan fingerprint density at radius 1 is 1.37 bits per heavy atom. The SMILES string of the molecule is COC(=O)CC1CN(C(=O)C2CCCOC2)CCO1. The van der Waals surface area contributed by atoms with Gasteiger partial charge in [-0.1, -0.05) is 0 Å². The quantitative estimate of drug-likeness (QED) is 0.686. The fraction of sp³-hybridized carbons (Fsp3) is 0.846. The van der Waals surface area contributed by atoms with Gasteiger partial charge in [-0.3, -0.25) is 9.59 Å². The van der Waals surface area contributed by atoms with Crippen molar-refractivity contribution in [1.29, 1.82) is 0 Å². The summed E-state index contributed by atoms with van der Waals surface area (Å²) in [6.45, 7) is 2.79. The first-order valence-corrected chi connectivity index (χ1v) is 6.75. The molecule has 2 heterocycles. The van der Waals surface area contributed by atoms with Gasteiger partial charge in [0.25, 0.3) is 0 Å². The molecule has 19 heavy (non-hydrogen) atoms. The summed E-state index contributed by atoms with van der Waals surface area (Å²) in [7, 11) is 1.35. The number of hydrogen-bond donors (Lipinski definition) is 0. The summed E-state index contributed by atoms with van der Waals surface area (Å²) >= 11 is 0. The summed E-state index contributed by atoms with van der Waals surface area (Å²) in [6, 6.07) is 0. The fourth-order valence-electron chi connectivity index (χ4n) is 2.51. The van der Waals surface area contributed by atoms with E-state index in [2.05, 4.69) is 4.74 Å². The molecule has 6 nitrogen and oxygen atoms in total. The van der Waals surface area contributed by atoms with Crippen molar-refractivity contribution in [3.63, 3.8) is 0 Å². The Bertz CT molecular complexity index is 327. The van der Waals surface area contributed by atoms with Crippen molar-refractivity contribution in [3.05, 3.63) is 0 Å². The average Bonchev–Trinajstić information content (AvgIpc) is 2.47. The van der Waals surface area contributed by atoms with Gasteiger partial charge in [-0.25, -0.2) is 0 Å². The molecule has 108 valence electrons. The molecule has 2 rings (SSSR count). The Morgan fingerprint density at radius 2 is 2.21 bits per heavy atom. The molecule has 0 bridgehead atoms. The minimum Gasteiger partial charge on any atom is -0.469 e. The van der Waals surface area contributed by atoms with Crippen LogP contribution < -0.4 is 0 Å². The second-order valence-electron chi connectivity index (χ2n) is 4.97. The summed E-state index contributed by atoms with van der Waals surface area (Å²) in [5, 5.41) is 0. The Labute approximate surface area is 113 Å². The van der Waals surface area contributed by atoms with Crippen molar-refractivity contribution >= 4 is 11.9 Å². The van der Waals surface area contributed by atoms with Crippen LogP contribution in [0.3, 0.4) is 0 Å². The number of carbonyl (C=O) groups is 2. The van der Waals surface area contributed by atoms with Gasteiger partial charge >= 0.3 is 5.97 Å². The van der Waals surface area contributed by atoms with E-state index in [1.807, 2.05) is 0 Å². The molecule has 0 N–H and O–H groups in total. The number of carbonyl (C=O) groups excluding carboxylic acids is 2. The Kier molecular flexibility index (Phi) is 5.15. The molecule has 2 atom stereocenters. The number of esters is 1. The zero-order valence-corrected chi connectivity index (χ0v) is 11.3. The van der Waals surface area contributed by atoms with E-state index in [1.165, 1.54) is 7.11 Å². The maximum absolute atomic E-state index is 12.3. The number of hydrogen-bond acceptors (Lipinski definition) is 5. The predicted molar refractivity (Wildman–Crippen MR) is 66.5 cm³/mol. The highest BCUT2D eigenvalue weighted by Crippen LogP contribution is 2.19. The molecule has 0 radical (unpaired) electrons. The minimum atomic E-state index is -0.305. The van der Waals surface area contributed by atoms with Gasteiger partial charge in [0.15, 0.2) is 0 Å². The molecule has 0 aromatic heterocycles. The number of amides is 1. The van der Waals surface area contributed by atoms with E-state index >= 15 is 0 Å². The van der Waals surface area contributed by atoms with Crippen LogP contribution in [0.4, 0.5) is 0 Å². The predicted octanol–water partition coefficient (Wildman–Crippen LogP) is 0.204. The lowest BCUT2D eigenvalue weighted by molar-refractivity contribution is -0.153. The van der Waals surface area contributed by atoms with Crippen LogP contribution >= 0.6 is 0 Å². The summed E-state index contributed by atoms with van der Waals surface area (Å²) in [6.07, 6.45) is 1.76. The van der Waals surface area contributed by atoms with E-state index in [4.69, 9.17) is 9.47 Å². The number of rotatable bonds is 3. The smallest absolute Gasteiger partial charge is 0.308 e. The lowest BCUT2D eigenvalue weighted by Gasteiger charge is -2.35. The third kappa shape index (κ3) is 3.91. The monoisotopic (exact) mass is 271 g/mol. The zero-order valence-electron chi connectivity index (χ0n) is 11.3. The van der Waals surface area contributed by atoms with Gasteiger partial charge < -0.3 is 19.1 Å². The van der Waals surface area contributed by atoms with Crippen molar-refractivity contribution in [2.45, 2.75) is 25.4 Å². The normalized spacial score (nSPS) is 27.9. The zero-order chi connectivity index (χ0) is 13.7. The molecule has 0 aliphatic carbocycles. The topological polar surface area (TPSA) is 65.1 Å². The Morgan fingerprint density at radius 3 is 2.89 bits per heavy atom. The van der Waals surface area contributed by atoms with E-state index < -0.39 is 0 Å². The summed E-state index contributed by atoms with van der Waals surface area (Å²) in [5.74, 6) is -0.219. The van der Waals surface area contributed by atoms with Gasteiger partial charge in [0, 0.05) is 19.7 Å². The highest BCUT2D eigenvalue weighted by atomic mass is 16.5. The molecule has 2 saturated heterocycles. The van der Waals surface area contributed by atoms with Crippen molar-refractivity contribution in [1.82, 2.24) is 4.90 Å². The van der Waals surface area contributed by atoms with Crippen LogP contribution in [-0.2, 0) is 23.8 Å². The van der Waals surface area contributed by atoms with Crippen molar-refractivity contribution < 1.29 is 23.8 Å². The van der Waals surface area contributed by atoms with Crippen LogP contribution in [0.2, 0.25) is 0 Å². The molecule has 0 aromatic rings. The first-order valence-electron chi connectivity index (χ1n) is 6.75. The lowest BCUT2D eigenvalue weighted by atomic mass is 10.00. The molecule has 2 aliphatic rings. The van der Waals surface area contributed by atoms with Gasteiger partial charge in [-0.2, -0.15) is 0 Å².